The summed E-state index contributed by atoms with van der Waals surface area (Å²) in [5.74, 6) is 1.56. The molecule has 1 aromatic carbocycles. The topological polar surface area (TPSA) is 59.4 Å². The molecular formula is C20H28N4O2. The molecule has 1 aromatic heterocycles. The molecule has 6 nitrogen and oxygen atoms in total. The molecule has 0 bridgehead atoms. The van der Waals surface area contributed by atoms with E-state index in [0.717, 1.165) is 38.2 Å². The normalized spacial score (nSPS) is 17.8. The molecule has 1 unspecified atom stereocenters. The monoisotopic (exact) mass is 356 g/mol. The van der Waals surface area contributed by atoms with Gasteiger partial charge in [0.2, 0.25) is 5.91 Å². The molecule has 1 saturated heterocycles. The summed E-state index contributed by atoms with van der Waals surface area (Å²) in [6.07, 6.45) is 8.89. The fourth-order valence-corrected chi connectivity index (χ4v) is 3.53. The van der Waals surface area contributed by atoms with E-state index in [2.05, 4.69) is 19.8 Å². The number of hydrogen-bond acceptors (Lipinski definition) is 4. The first-order valence-electron chi connectivity index (χ1n) is 9.30. The van der Waals surface area contributed by atoms with Crippen LogP contribution in [0.15, 0.2) is 43.0 Å². The molecule has 0 spiro atoms. The Kier molecular flexibility index (Phi) is 6.66. The lowest BCUT2D eigenvalue weighted by Crippen LogP contribution is -2.43. The fourth-order valence-electron chi connectivity index (χ4n) is 3.53. The van der Waals surface area contributed by atoms with Crippen LogP contribution in [0.3, 0.4) is 0 Å². The van der Waals surface area contributed by atoms with Crippen LogP contribution in [0.4, 0.5) is 0 Å². The third-order valence-corrected chi connectivity index (χ3v) is 4.89. The lowest BCUT2D eigenvalue weighted by Gasteiger charge is -2.32. The molecule has 1 aliphatic heterocycles. The van der Waals surface area contributed by atoms with Crippen LogP contribution in [-0.2, 0) is 17.8 Å². The average molecular weight is 356 g/mol. The van der Waals surface area contributed by atoms with E-state index in [1.54, 1.807) is 7.11 Å². The minimum atomic E-state index is 0.113. The van der Waals surface area contributed by atoms with Crippen molar-refractivity contribution in [2.75, 3.05) is 33.3 Å². The number of nitrogens with one attached hydrogen (secondary N) is 1. The number of methoxy groups -OCH3 is 1. The maximum absolute atomic E-state index is 12.2. The Balaban J connectivity index is 1.37. The fraction of sp³-hybridized carbons (Fsp3) is 0.500. The average Bonchev–Trinajstić information content (AvgIpc) is 3.15. The number of rotatable bonds is 8. The van der Waals surface area contributed by atoms with E-state index in [4.69, 9.17) is 4.74 Å². The van der Waals surface area contributed by atoms with Gasteiger partial charge in [0.1, 0.15) is 5.75 Å². The van der Waals surface area contributed by atoms with Crippen molar-refractivity contribution in [2.24, 2.45) is 5.92 Å². The van der Waals surface area contributed by atoms with Gasteiger partial charge in [-0.2, -0.15) is 0 Å². The summed E-state index contributed by atoms with van der Waals surface area (Å²) in [4.78, 5) is 18.6. The van der Waals surface area contributed by atoms with Crippen molar-refractivity contribution in [3.05, 3.63) is 48.5 Å². The Morgan fingerprint density at radius 1 is 1.35 bits per heavy atom. The van der Waals surface area contributed by atoms with Crippen LogP contribution in [0.25, 0.3) is 0 Å². The molecule has 3 rings (SSSR count). The first-order valence-corrected chi connectivity index (χ1v) is 9.30. The second-order valence-corrected chi connectivity index (χ2v) is 6.95. The van der Waals surface area contributed by atoms with E-state index >= 15 is 0 Å². The summed E-state index contributed by atoms with van der Waals surface area (Å²) >= 11 is 0. The number of likely N-dealkylation sites (tertiary alicyclic amines) is 1. The number of carbonyl (C=O) groups excluding carboxylic acids is 1. The minimum absolute atomic E-state index is 0.113. The van der Waals surface area contributed by atoms with Gasteiger partial charge in [-0.3, -0.25) is 9.69 Å². The first-order chi connectivity index (χ1) is 12.7. The molecule has 1 fully saturated rings. The lowest BCUT2D eigenvalue weighted by molar-refractivity contribution is -0.122. The summed E-state index contributed by atoms with van der Waals surface area (Å²) in [6.45, 7) is 4.12. The Morgan fingerprint density at radius 2 is 2.19 bits per heavy atom. The SMILES string of the molecule is COc1ccc(CCNC(=O)CN2CCCC(Cn3ccnc3)C2)cc1. The second-order valence-electron chi connectivity index (χ2n) is 6.95. The Morgan fingerprint density at radius 3 is 2.92 bits per heavy atom. The Bertz CT molecular complexity index is 670. The number of piperidine rings is 1. The van der Waals surface area contributed by atoms with Crippen LogP contribution in [-0.4, -0.2) is 53.6 Å². The van der Waals surface area contributed by atoms with Crippen molar-refractivity contribution < 1.29 is 9.53 Å². The minimum Gasteiger partial charge on any atom is -0.497 e. The molecule has 6 heteroatoms. The molecular weight excluding hydrogens is 328 g/mol. The Hall–Kier alpha value is -2.34. The number of benzene rings is 1. The molecule has 1 amide bonds. The van der Waals surface area contributed by atoms with Crippen molar-refractivity contribution in [1.82, 2.24) is 19.8 Å². The van der Waals surface area contributed by atoms with Crippen molar-refractivity contribution in [1.29, 1.82) is 0 Å². The number of imidazole rings is 1. The number of hydrogen-bond donors (Lipinski definition) is 1. The van der Waals surface area contributed by atoms with Crippen molar-refractivity contribution >= 4 is 5.91 Å². The van der Waals surface area contributed by atoms with Gasteiger partial charge in [0.05, 0.1) is 20.0 Å². The highest BCUT2D eigenvalue weighted by atomic mass is 16.5. The smallest absolute Gasteiger partial charge is 0.234 e. The van der Waals surface area contributed by atoms with E-state index in [-0.39, 0.29) is 5.91 Å². The van der Waals surface area contributed by atoms with Crippen molar-refractivity contribution in [3.8, 4) is 5.75 Å². The van der Waals surface area contributed by atoms with Gasteiger partial charge in [0.15, 0.2) is 0 Å². The summed E-state index contributed by atoms with van der Waals surface area (Å²) in [5, 5.41) is 3.04. The third-order valence-electron chi connectivity index (χ3n) is 4.89. The number of amides is 1. The van der Waals surface area contributed by atoms with Gasteiger partial charge in [-0.1, -0.05) is 12.1 Å². The van der Waals surface area contributed by atoms with E-state index in [0.29, 0.717) is 19.0 Å². The first kappa shape index (κ1) is 18.5. The van der Waals surface area contributed by atoms with E-state index in [1.807, 2.05) is 43.0 Å². The van der Waals surface area contributed by atoms with Crippen molar-refractivity contribution in [3.63, 3.8) is 0 Å². The van der Waals surface area contributed by atoms with Crippen LogP contribution in [0, 0.1) is 5.92 Å². The van der Waals surface area contributed by atoms with E-state index in [1.165, 1.54) is 12.0 Å². The highest BCUT2D eigenvalue weighted by molar-refractivity contribution is 5.78. The molecule has 26 heavy (non-hydrogen) atoms. The maximum atomic E-state index is 12.2. The maximum Gasteiger partial charge on any atom is 0.234 e. The molecule has 2 aromatic rings. The van der Waals surface area contributed by atoms with Gasteiger partial charge < -0.3 is 14.6 Å². The van der Waals surface area contributed by atoms with Gasteiger partial charge >= 0.3 is 0 Å². The van der Waals surface area contributed by atoms with E-state index < -0.39 is 0 Å². The summed E-state index contributed by atoms with van der Waals surface area (Å²) in [5.41, 5.74) is 1.20. The molecule has 1 N–H and O–H groups in total. The molecule has 2 heterocycles. The molecule has 1 atom stereocenters. The molecule has 0 radical (unpaired) electrons. The predicted octanol–water partition coefficient (Wildman–Crippen LogP) is 1.96. The van der Waals surface area contributed by atoms with Crippen molar-refractivity contribution in [2.45, 2.75) is 25.8 Å². The van der Waals surface area contributed by atoms with Gasteiger partial charge in [0, 0.05) is 32.0 Å². The number of nitrogens with zero attached hydrogens (tertiary/aromatic N) is 3. The standard InChI is InChI=1S/C20H28N4O2/c1-26-19-6-4-17(5-7-19)8-9-22-20(25)15-23-11-2-3-18(13-23)14-24-12-10-21-16-24/h4-7,10,12,16,18H,2-3,8-9,11,13-15H2,1H3,(H,22,25). The zero-order valence-electron chi connectivity index (χ0n) is 15.4. The number of ether oxygens (including phenoxy) is 1. The molecule has 140 valence electrons. The summed E-state index contributed by atoms with van der Waals surface area (Å²) < 4.78 is 7.29. The van der Waals surface area contributed by atoms with Gasteiger partial charge in [-0.05, 0) is 49.4 Å². The largest absolute Gasteiger partial charge is 0.497 e. The summed E-state index contributed by atoms with van der Waals surface area (Å²) in [7, 11) is 1.66. The Labute approximate surface area is 155 Å². The third kappa shape index (κ3) is 5.59. The second kappa shape index (κ2) is 9.38. The highest BCUT2D eigenvalue weighted by Gasteiger charge is 2.21. The highest BCUT2D eigenvalue weighted by Crippen LogP contribution is 2.18. The van der Waals surface area contributed by atoms with E-state index in [9.17, 15) is 4.79 Å². The zero-order valence-corrected chi connectivity index (χ0v) is 15.4. The molecule has 1 aliphatic rings. The molecule has 0 aliphatic carbocycles. The van der Waals surface area contributed by atoms with Gasteiger partial charge in [-0.15, -0.1) is 0 Å². The van der Waals surface area contributed by atoms with Crippen LogP contribution < -0.4 is 10.1 Å². The lowest BCUT2D eigenvalue weighted by atomic mass is 9.98. The van der Waals surface area contributed by atoms with Crippen LogP contribution >= 0.6 is 0 Å². The number of carbonyl (C=O) groups is 1. The van der Waals surface area contributed by atoms with Gasteiger partial charge in [0.25, 0.3) is 0 Å². The zero-order chi connectivity index (χ0) is 18.2. The van der Waals surface area contributed by atoms with Gasteiger partial charge in [-0.25, -0.2) is 4.98 Å². The van der Waals surface area contributed by atoms with Crippen LogP contribution in [0.5, 0.6) is 5.75 Å². The van der Waals surface area contributed by atoms with Crippen LogP contribution in [0.2, 0.25) is 0 Å². The quantitative estimate of drug-likeness (QED) is 0.786. The molecule has 0 saturated carbocycles. The number of aromatic nitrogens is 2. The predicted molar refractivity (Wildman–Crippen MR) is 101 cm³/mol. The van der Waals surface area contributed by atoms with Crippen LogP contribution in [0.1, 0.15) is 18.4 Å². The summed E-state index contributed by atoms with van der Waals surface area (Å²) in [6, 6.07) is 7.98.